The third-order valence-corrected chi connectivity index (χ3v) is 6.51. The molecule has 0 spiro atoms. The fraction of sp³-hybridized carbons (Fsp3) is 0.185. The number of amidine groups is 1. The van der Waals surface area contributed by atoms with Gasteiger partial charge in [0.25, 0.3) is 5.91 Å². The van der Waals surface area contributed by atoms with E-state index < -0.39 is 0 Å². The number of hydrogen-bond donors (Lipinski definition) is 3. The first-order chi connectivity index (χ1) is 17.4. The summed E-state index contributed by atoms with van der Waals surface area (Å²) >= 11 is 1.56. The first-order valence-corrected chi connectivity index (χ1v) is 12.4. The Labute approximate surface area is 213 Å². The number of hydrogen-bond acceptors (Lipinski definition) is 7. The maximum Gasteiger partial charge on any atom is 0.307 e. The number of nitrogens with zero attached hydrogens (tertiary/aromatic N) is 2. The van der Waals surface area contributed by atoms with Crippen molar-refractivity contribution in [2.45, 2.75) is 19.9 Å². The van der Waals surface area contributed by atoms with Crippen molar-refractivity contribution in [3.8, 4) is 0 Å². The lowest BCUT2D eigenvalue weighted by Gasteiger charge is -2.22. The van der Waals surface area contributed by atoms with Crippen LogP contribution in [0, 0.1) is 5.41 Å². The summed E-state index contributed by atoms with van der Waals surface area (Å²) in [6.45, 7) is 2.81. The van der Waals surface area contributed by atoms with E-state index in [1.165, 1.54) is 0 Å². The van der Waals surface area contributed by atoms with Crippen LogP contribution in [0.3, 0.4) is 0 Å². The lowest BCUT2D eigenvalue weighted by molar-refractivity contribution is -0.142. The summed E-state index contributed by atoms with van der Waals surface area (Å²) in [6.07, 6.45) is 0.108. The van der Waals surface area contributed by atoms with Crippen molar-refractivity contribution in [2.24, 2.45) is 5.73 Å². The zero-order chi connectivity index (χ0) is 25.5. The maximum absolute atomic E-state index is 13.5. The second-order valence-corrected chi connectivity index (χ2v) is 9.10. The zero-order valence-corrected chi connectivity index (χ0v) is 20.7. The van der Waals surface area contributed by atoms with E-state index in [-0.39, 0.29) is 30.7 Å². The highest BCUT2D eigenvalue weighted by Gasteiger charge is 2.20. The van der Waals surface area contributed by atoms with Crippen LogP contribution in [-0.2, 0) is 16.1 Å². The molecule has 0 fully saturated rings. The van der Waals surface area contributed by atoms with Gasteiger partial charge in [0.05, 0.1) is 29.8 Å². The van der Waals surface area contributed by atoms with Crippen molar-refractivity contribution in [2.75, 3.05) is 23.4 Å². The number of carbonyl (C=O) groups excluding carboxylic acids is 2. The number of anilines is 2. The maximum atomic E-state index is 13.5. The second kappa shape index (κ2) is 11.5. The van der Waals surface area contributed by atoms with Gasteiger partial charge < -0.3 is 20.7 Å². The molecular formula is C27H27N5O3S. The van der Waals surface area contributed by atoms with Crippen LogP contribution in [0.4, 0.5) is 11.4 Å². The smallest absolute Gasteiger partial charge is 0.307 e. The number of carbonyl (C=O) groups is 2. The van der Waals surface area contributed by atoms with Gasteiger partial charge in [0.15, 0.2) is 0 Å². The van der Waals surface area contributed by atoms with Crippen LogP contribution in [0.2, 0.25) is 0 Å². The molecule has 0 radical (unpaired) electrons. The minimum atomic E-state index is -0.339. The molecule has 4 rings (SSSR count). The number of nitrogen functional groups attached to an aromatic ring is 1. The first kappa shape index (κ1) is 24.9. The highest BCUT2D eigenvalue weighted by molar-refractivity contribution is 7.18. The molecule has 0 aliphatic heterocycles. The predicted molar refractivity (Wildman–Crippen MR) is 144 cm³/mol. The number of rotatable bonds is 10. The number of aromatic nitrogens is 1. The molecule has 1 aromatic heterocycles. The first-order valence-electron chi connectivity index (χ1n) is 11.5. The van der Waals surface area contributed by atoms with Crippen LogP contribution in [0.15, 0.2) is 72.8 Å². The Hall–Kier alpha value is -4.24. The Kier molecular flexibility index (Phi) is 7.92. The molecule has 3 aromatic carbocycles. The van der Waals surface area contributed by atoms with E-state index in [1.54, 1.807) is 47.4 Å². The van der Waals surface area contributed by atoms with Crippen LogP contribution in [0.5, 0.6) is 0 Å². The molecule has 0 atom stereocenters. The molecule has 9 heteroatoms. The lowest BCUT2D eigenvalue weighted by Crippen LogP contribution is -2.33. The second-order valence-electron chi connectivity index (χ2n) is 7.98. The van der Waals surface area contributed by atoms with Crippen LogP contribution >= 0.6 is 11.3 Å². The quantitative estimate of drug-likeness (QED) is 0.163. The number of nitrogens with one attached hydrogen (secondary N) is 2. The minimum absolute atomic E-state index is 0.0322. The SMILES string of the molecule is CCOC(=O)CCN(C(=O)c1ccc2sc(CNc3ccc(C(=N)N)cc3)nc2c1)c1ccccc1. The fourth-order valence-corrected chi connectivity index (χ4v) is 4.56. The summed E-state index contributed by atoms with van der Waals surface area (Å²) in [5.74, 6) is -0.510. The molecule has 184 valence electrons. The van der Waals surface area contributed by atoms with Gasteiger partial charge in [-0.05, 0) is 61.5 Å². The monoisotopic (exact) mass is 501 g/mol. The Balaban J connectivity index is 1.50. The van der Waals surface area contributed by atoms with Crippen LogP contribution in [-0.4, -0.2) is 35.8 Å². The van der Waals surface area contributed by atoms with Crippen molar-refractivity contribution >= 4 is 50.6 Å². The average molecular weight is 502 g/mol. The van der Waals surface area contributed by atoms with E-state index in [4.69, 9.17) is 20.9 Å². The van der Waals surface area contributed by atoms with E-state index in [2.05, 4.69) is 5.32 Å². The van der Waals surface area contributed by atoms with Gasteiger partial charge >= 0.3 is 5.97 Å². The number of para-hydroxylation sites is 1. The average Bonchev–Trinajstić information content (AvgIpc) is 3.31. The van der Waals surface area contributed by atoms with Gasteiger partial charge in [-0.25, -0.2) is 4.98 Å². The van der Waals surface area contributed by atoms with Gasteiger partial charge in [0.1, 0.15) is 10.8 Å². The zero-order valence-electron chi connectivity index (χ0n) is 19.9. The van der Waals surface area contributed by atoms with Crippen molar-refractivity contribution in [3.05, 3.63) is 88.9 Å². The standard InChI is InChI=1S/C27H27N5O3S/c1-2-35-25(33)14-15-32(21-6-4-3-5-7-21)27(34)19-10-13-23-22(16-19)31-24(36-23)17-30-20-11-8-18(9-12-20)26(28)29/h3-13,16,30H,2,14-15,17H2,1H3,(H3,28,29). The number of esters is 1. The van der Waals surface area contributed by atoms with E-state index in [0.717, 1.165) is 20.9 Å². The van der Waals surface area contributed by atoms with Gasteiger partial charge in [0.2, 0.25) is 0 Å². The third-order valence-electron chi connectivity index (χ3n) is 5.48. The molecule has 0 unspecified atom stereocenters. The van der Waals surface area contributed by atoms with Crippen LogP contribution in [0.25, 0.3) is 10.2 Å². The van der Waals surface area contributed by atoms with Gasteiger partial charge in [-0.3, -0.25) is 15.0 Å². The molecule has 1 heterocycles. The lowest BCUT2D eigenvalue weighted by atomic mass is 10.1. The molecule has 0 saturated heterocycles. The summed E-state index contributed by atoms with van der Waals surface area (Å²) in [7, 11) is 0. The molecule has 4 aromatic rings. The molecule has 1 amide bonds. The molecule has 0 aliphatic carbocycles. The Morgan fingerprint density at radius 2 is 1.78 bits per heavy atom. The molecule has 36 heavy (non-hydrogen) atoms. The third kappa shape index (κ3) is 6.05. The number of ether oxygens (including phenoxy) is 1. The molecular weight excluding hydrogens is 474 g/mol. The number of fused-ring (bicyclic) bond motifs is 1. The molecule has 0 saturated carbocycles. The van der Waals surface area contributed by atoms with Crippen molar-refractivity contribution < 1.29 is 14.3 Å². The summed E-state index contributed by atoms with van der Waals surface area (Å²) in [5, 5.41) is 11.7. The Bertz CT molecular complexity index is 1370. The van der Waals surface area contributed by atoms with Gasteiger partial charge in [0, 0.05) is 29.0 Å². The van der Waals surface area contributed by atoms with Crippen LogP contribution < -0.4 is 16.0 Å². The minimum Gasteiger partial charge on any atom is -0.466 e. The summed E-state index contributed by atoms with van der Waals surface area (Å²) in [4.78, 5) is 31.7. The van der Waals surface area contributed by atoms with Crippen molar-refractivity contribution in [1.82, 2.24) is 4.98 Å². The van der Waals surface area contributed by atoms with Gasteiger partial charge in [-0.1, -0.05) is 18.2 Å². The van der Waals surface area contributed by atoms with E-state index in [0.29, 0.717) is 30.0 Å². The van der Waals surface area contributed by atoms with Gasteiger partial charge in [-0.15, -0.1) is 11.3 Å². The summed E-state index contributed by atoms with van der Waals surface area (Å²) in [5.41, 5.74) is 9.03. The number of nitrogens with two attached hydrogens (primary N) is 1. The normalized spacial score (nSPS) is 10.7. The van der Waals surface area contributed by atoms with E-state index >= 15 is 0 Å². The summed E-state index contributed by atoms with van der Waals surface area (Å²) in [6, 6.07) is 22.1. The largest absolute Gasteiger partial charge is 0.466 e. The highest BCUT2D eigenvalue weighted by atomic mass is 32.1. The number of thiazole rings is 1. The highest BCUT2D eigenvalue weighted by Crippen LogP contribution is 2.26. The topological polar surface area (TPSA) is 121 Å². The molecule has 4 N–H and O–H groups in total. The van der Waals surface area contributed by atoms with Crippen molar-refractivity contribution in [3.63, 3.8) is 0 Å². The number of benzene rings is 3. The predicted octanol–water partition coefficient (Wildman–Crippen LogP) is 4.79. The van der Waals surface area contributed by atoms with Crippen molar-refractivity contribution in [1.29, 1.82) is 5.41 Å². The van der Waals surface area contributed by atoms with E-state index in [9.17, 15) is 9.59 Å². The molecule has 0 bridgehead atoms. The fourth-order valence-electron chi connectivity index (χ4n) is 3.68. The molecule has 0 aliphatic rings. The van der Waals surface area contributed by atoms with E-state index in [1.807, 2.05) is 48.5 Å². The van der Waals surface area contributed by atoms with Gasteiger partial charge in [-0.2, -0.15) is 0 Å². The van der Waals surface area contributed by atoms with Crippen LogP contribution in [0.1, 0.15) is 34.3 Å². The number of amides is 1. The Morgan fingerprint density at radius 3 is 2.47 bits per heavy atom. The Morgan fingerprint density at radius 1 is 1.06 bits per heavy atom. The molecule has 8 nitrogen and oxygen atoms in total. The summed E-state index contributed by atoms with van der Waals surface area (Å²) < 4.78 is 6.02.